The van der Waals surface area contributed by atoms with E-state index in [9.17, 15) is 5.11 Å². The number of rotatable bonds is 5. The Kier molecular flexibility index (Phi) is 4.24. The van der Waals surface area contributed by atoms with Crippen molar-refractivity contribution in [1.82, 2.24) is 5.32 Å². The molecule has 21 heavy (non-hydrogen) atoms. The van der Waals surface area contributed by atoms with Crippen molar-refractivity contribution in [3.63, 3.8) is 0 Å². The molecule has 0 radical (unpaired) electrons. The summed E-state index contributed by atoms with van der Waals surface area (Å²) >= 11 is 0. The summed E-state index contributed by atoms with van der Waals surface area (Å²) < 4.78 is 0. The van der Waals surface area contributed by atoms with E-state index in [4.69, 9.17) is 0 Å². The quantitative estimate of drug-likeness (QED) is 0.822. The van der Waals surface area contributed by atoms with Gasteiger partial charge in [-0.25, -0.2) is 0 Å². The molecule has 1 fully saturated rings. The highest BCUT2D eigenvalue weighted by Crippen LogP contribution is 2.19. The average molecular weight is 297 g/mol. The van der Waals surface area contributed by atoms with Crippen LogP contribution < -0.4 is 15.7 Å². The molecule has 1 aliphatic rings. The third-order valence-corrected chi connectivity index (χ3v) is 9.22. The van der Waals surface area contributed by atoms with E-state index in [-0.39, 0.29) is 12.1 Å². The molecule has 1 heterocycles. The molecular weight excluding hydrogens is 274 g/mol. The van der Waals surface area contributed by atoms with Crippen LogP contribution in [0.15, 0.2) is 60.7 Å². The first kappa shape index (κ1) is 14.5. The molecule has 110 valence electrons. The summed E-state index contributed by atoms with van der Waals surface area (Å²) in [5.74, 6) is 0. The Bertz CT molecular complexity index is 529. The van der Waals surface area contributed by atoms with Crippen molar-refractivity contribution in [3.8, 4) is 0 Å². The van der Waals surface area contributed by atoms with E-state index in [0.717, 1.165) is 19.0 Å². The zero-order chi connectivity index (χ0) is 14.7. The van der Waals surface area contributed by atoms with Gasteiger partial charge >= 0.3 is 0 Å². The zero-order valence-corrected chi connectivity index (χ0v) is 13.5. The summed E-state index contributed by atoms with van der Waals surface area (Å²) in [7, 11) is -1.90. The molecule has 1 aliphatic heterocycles. The van der Waals surface area contributed by atoms with Crippen LogP contribution in [0.2, 0.25) is 12.6 Å². The van der Waals surface area contributed by atoms with E-state index in [0.29, 0.717) is 0 Å². The van der Waals surface area contributed by atoms with E-state index in [1.165, 1.54) is 10.4 Å². The number of hydrogen-bond donors (Lipinski definition) is 2. The van der Waals surface area contributed by atoms with Crippen molar-refractivity contribution in [3.05, 3.63) is 60.7 Å². The lowest BCUT2D eigenvalue weighted by Gasteiger charge is -2.37. The van der Waals surface area contributed by atoms with Gasteiger partial charge in [-0.05, 0) is 19.0 Å². The zero-order valence-electron chi connectivity index (χ0n) is 12.5. The Morgan fingerprint density at radius 3 is 1.90 bits per heavy atom. The maximum absolute atomic E-state index is 10.6. The molecule has 1 saturated heterocycles. The van der Waals surface area contributed by atoms with Crippen molar-refractivity contribution in [2.75, 3.05) is 6.54 Å². The molecule has 2 atom stereocenters. The highest BCUT2D eigenvalue weighted by atomic mass is 28.3. The summed E-state index contributed by atoms with van der Waals surface area (Å²) in [6.07, 6.45) is 0.839. The molecule has 2 nitrogen and oxygen atoms in total. The number of benzene rings is 2. The molecule has 3 heteroatoms. The van der Waals surface area contributed by atoms with Crippen molar-refractivity contribution < 1.29 is 5.11 Å². The molecule has 1 unspecified atom stereocenters. The second kappa shape index (κ2) is 6.14. The second-order valence-electron chi connectivity index (χ2n) is 6.18. The molecule has 3 rings (SSSR count). The predicted molar refractivity (Wildman–Crippen MR) is 91.0 cm³/mol. The van der Waals surface area contributed by atoms with Gasteiger partial charge in [-0.15, -0.1) is 0 Å². The molecule has 0 spiro atoms. The lowest BCUT2D eigenvalue weighted by Crippen LogP contribution is -2.61. The summed E-state index contributed by atoms with van der Waals surface area (Å²) in [6.45, 7) is 3.41. The topological polar surface area (TPSA) is 32.3 Å². The Balaban J connectivity index is 1.94. The van der Waals surface area contributed by atoms with E-state index in [2.05, 4.69) is 72.5 Å². The number of nitrogens with one attached hydrogen (secondary N) is 1. The molecule has 0 saturated carbocycles. The number of hydrogen-bond acceptors (Lipinski definition) is 2. The Morgan fingerprint density at radius 2 is 1.52 bits per heavy atom. The van der Waals surface area contributed by atoms with Crippen molar-refractivity contribution in [2.24, 2.45) is 0 Å². The second-order valence-corrected chi connectivity index (χ2v) is 10.4. The van der Waals surface area contributed by atoms with Crippen LogP contribution in [0.25, 0.3) is 0 Å². The minimum absolute atomic E-state index is 0.254. The summed E-state index contributed by atoms with van der Waals surface area (Å²) in [4.78, 5) is 0. The molecule has 2 N–H and O–H groups in total. The fraction of sp³-hybridized carbons (Fsp3) is 0.333. The van der Waals surface area contributed by atoms with Gasteiger partial charge in [0.25, 0.3) is 0 Å². The first-order valence-corrected chi connectivity index (χ1v) is 10.4. The first-order chi connectivity index (χ1) is 10.2. The molecule has 2 aromatic rings. The van der Waals surface area contributed by atoms with E-state index >= 15 is 0 Å². The lowest BCUT2D eigenvalue weighted by molar-refractivity contribution is 0.111. The average Bonchev–Trinajstić information content (AvgIpc) is 2.47. The fourth-order valence-corrected chi connectivity index (χ4v) is 7.00. The maximum atomic E-state index is 10.6. The van der Waals surface area contributed by atoms with Crippen molar-refractivity contribution >= 4 is 18.4 Å². The molecule has 0 aromatic heterocycles. The summed E-state index contributed by atoms with van der Waals surface area (Å²) in [5.41, 5.74) is 0. The molecule has 0 bridgehead atoms. The normalized spacial score (nSPS) is 19.8. The van der Waals surface area contributed by atoms with Gasteiger partial charge in [-0.1, -0.05) is 77.6 Å². The van der Waals surface area contributed by atoms with Crippen molar-refractivity contribution in [1.29, 1.82) is 0 Å². The van der Waals surface area contributed by atoms with Gasteiger partial charge in [-0.2, -0.15) is 0 Å². The SMILES string of the molecule is C[Si](C[C@@H](O)C1CCN1)(c1ccccc1)c1ccccc1. The number of aliphatic hydroxyl groups excluding tert-OH is 1. The van der Waals surface area contributed by atoms with E-state index in [1.54, 1.807) is 0 Å². The third kappa shape index (κ3) is 2.95. The van der Waals surface area contributed by atoms with Gasteiger partial charge in [0.2, 0.25) is 0 Å². The Morgan fingerprint density at radius 1 is 1.05 bits per heavy atom. The largest absolute Gasteiger partial charge is 0.392 e. The highest BCUT2D eigenvalue weighted by molar-refractivity contribution is 7.01. The lowest BCUT2D eigenvalue weighted by atomic mass is 10.0. The molecule has 2 aromatic carbocycles. The number of aliphatic hydroxyl groups is 1. The van der Waals surface area contributed by atoms with Crippen LogP contribution in [0.1, 0.15) is 6.42 Å². The monoisotopic (exact) mass is 297 g/mol. The van der Waals surface area contributed by atoms with Crippen LogP contribution in [0.5, 0.6) is 0 Å². The van der Waals surface area contributed by atoms with Gasteiger partial charge in [-0.3, -0.25) is 0 Å². The van der Waals surface area contributed by atoms with Crippen LogP contribution in [0.4, 0.5) is 0 Å². The predicted octanol–water partition coefficient (Wildman–Crippen LogP) is 1.60. The van der Waals surface area contributed by atoms with Crippen LogP contribution in [-0.2, 0) is 0 Å². The molecule has 0 aliphatic carbocycles. The highest BCUT2D eigenvalue weighted by Gasteiger charge is 2.37. The Hall–Kier alpha value is -1.42. The summed E-state index contributed by atoms with van der Waals surface area (Å²) in [6, 6.07) is 22.6. The van der Waals surface area contributed by atoms with E-state index in [1.807, 2.05) is 0 Å². The van der Waals surface area contributed by atoms with Gasteiger partial charge < -0.3 is 10.4 Å². The smallest absolute Gasteiger partial charge is 0.117 e. The van der Waals surface area contributed by atoms with Crippen LogP contribution in [-0.4, -0.2) is 31.9 Å². The summed E-state index contributed by atoms with van der Waals surface area (Å²) in [5, 5.41) is 16.7. The standard InChI is InChI=1S/C18H23NOSi/c1-21(15-8-4-2-5-9-15,16-10-6-3-7-11-16)14-18(20)17-12-13-19-17/h2-11,17-20H,12-14H2,1H3/t17?,18-/m1/s1. The first-order valence-electron chi connectivity index (χ1n) is 7.73. The minimum Gasteiger partial charge on any atom is -0.392 e. The van der Waals surface area contributed by atoms with Gasteiger partial charge in [0, 0.05) is 6.04 Å². The van der Waals surface area contributed by atoms with Gasteiger partial charge in [0.1, 0.15) is 8.07 Å². The van der Waals surface area contributed by atoms with Gasteiger partial charge in [0.15, 0.2) is 0 Å². The third-order valence-electron chi connectivity index (χ3n) is 4.77. The van der Waals surface area contributed by atoms with Crippen LogP contribution >= 0.6 is 0 Å². The van der Waals surface area contributed by atoms with Crippen LogP contribution in [0, 0.1) is 0 Å². The maximum Gasteiger partial charge on any atom is 0.117 e. The van der Waals surface area contributed by atoms with E-state index < -0.39 is 8.07 Å². The Labute approximate surface area is 127 Å². The van der Waals surface area contributed by atoms with Crippen LogP contribution in [0.3, 0.4) is 0 Å². The van der Waals surface area contributed by atoms with Gasteiger partial charge in [0.05, 0.1) is 6.10 Å². The van der Waals surface area contributed by atoms with Crippen molar-refractivity contribution in [2.45, 2.75) is 31.2 Å². The minimum atomic E-state index is -1.90. The fourth-order valence-electron chi connectivity index (χ4n) is 3.21. The molecule has 0 amide bonds. The molecular formula is C18H23NOSi.